The van der Waals surface area contributed by atoms with Crippen molar-refractivity contribution in [1.29, 1.82) is 0 Å². The van der Waals surface area contributed by atoms with Crippen LogP contribution in [0.1, 0.15) is 17.2 Å². The summed E-state index contributed by atoms with van der Waals surface area (Å²) < 4.78 is 16.6. The minimum absolute atomic E-state index is 0.00875. The number of phenolic OH excluding ortho intramolecular Hbond substituents is 5. The Morgan fingerprint density at radius 3 is 2.24 bits per heavy atom. The molecule has 0 aliphatic carbocycles. The van der Waals surface area contributed by atoms with E-state index in [2.05, 4.69) is 0 Å². The summed E-state index contributed by atoms with van der Waals surface area (Å²) in [7, 11) is 0. The first-order valence-electron chi connectivity index (χ1n) is 12.2. The maximum Gasteiger partial charge on any atom is 0.331 e. The van der Waals surface area contributed by atoms with E-state index in [1.54, 1.807) is 0 Å². The molecule has 8 N–H and O–H groups in total. The van der Waals surface area contributed by atoms with E-state index in [9.17, 15) is 50.4 Å². The molecule has 41 heavy (non-hydrogen) atoms. The number of aromatic hydroxyl groups is 5. The average Bonchev–Trinajstić information content (AvgIpc) is 2.93. The molecule has 13 heteroatoms. The van der Waals surface area contributed by atoms with Crippen molar-refractivity contribution in [1.82, 2.24) is 0 Å². The maximum atomic E-state index is 13.3. The van der Waals surface area contributed by atoms with E-state index in [1.807, 2.05) is 0 Å². The van der Waals surface area contributed by atoms with Crippen LogP contribution >= 0.6 is 0 Å². The number of phenols is 5. The van der Waals surface area contributed by atoms with Crippen LogP contribution in [0.4, 0.5) is 0 Å². The molecule has 5 rings (SSSR count). The van der Waals surface area contributed by atoms with Crippen LogP contribution in [0.5, 0.6) is 28.7 Å². The second kappa shape index (κ2) is 10.6. The van der Waals surface area contributed by atoms with Gasteiger partial charge >= 0.3 is 5.97 Å². The number of aliphatic hydroxyl groups excluding tert-OH is 3. The van der Waals surface area contributed by atoms with Crippen molar-refractivity contribution in [2.45, 2.75) is 30.5 Å². The Hall–Kier alpha value is -4.82. The van der Waals surface area contributed by atoms with Gasteiger partial charge in [0, 0.05) is 18.2 Å². The number of esters is 1. The second-order valence-electron chi connectivity index (χ2n) is 9.38. The lowest BCUT2D eigenvalue weighted by molar-refractivity contribution is -0.240. The summed E-state index contributed by atoms with van der Waals surface area (Å²) in [5.74, 6) is -3.82. The van der Waals surface area contributed by atoms with Crippen LogP contribution in [0, 0.1) is 0 Å². The molecule has 1 saturated heterocycles. The third kappa shape index (κ3) is 4.98. The molecule has 0 radical (unpaired) electrons. The molecule has 1 fully saturated rings. The van der Waals surface area contributed by atoms with E-state index in [-0.39, 0.29) is 22.3 Å². The lowest BCUT2D eigenvalue weighted by Crippen LogP contribution is -2.56. The van der Waals surface area contributed by atoms with Gasteiger partial charge in [0.2, 0.25) is 5.43 Å². The van der Waals surface area contributed by atoms with E-state index in [0.29, 0.717) is 5.56 Å². The third-order valence-electron chi connectivity index (χ3n) is 6.76. The van der Waals surface area contributed by atoms with Crippen molar-refractivity contribution in [3.8, 4) is 28.7 Å². The Bertz CT molecular complexity index is 1720. The molecule has 3 aromatic carbocycles. The number of carbonyl (C=O) groups excluding carboxylic acids is 1. The molecule has 2 heterocycles. The SMILES string of the molecule is O=C(C=Cc1ccc(O)cc1)OC1C(c2c(O)cc3oc4cc(O)c(O)cc4c(=O)c3c2O)OC(CO)C(O)C1O. The molecule has 1 aliphatic heterocycles. The Morgan fingerprint density at radius 2 is 1.56 bits per heavy atom. The molecule has 214 valence electrons. The van der Waals surface area contributed by atoms with Gasteiger partial charge < -0.3 is 54.7 Å². The van der Waals surface area contributed by atoms with Gasteiger partial charge in [-0.15, -0.1) is 0 Å². The third-order valence-corrected chi connectivity index (χ3v) is 6.76. The van der Waals surface area contributed by atoms with Crippen LogP contribution < -0.4 is 5.43 Å². The normalized spacial score (nSPS) is 22.9. The van der Waals surface area contributed by atoms with Gasteiger partial charge in [-0.3, -0.25) is 4.79 Å². The zero-order valence-corrected chi connectivity index (χ0v) is 20.9. The summed E-state index contributed by atoms with van der Waals surface area (Å²) in [6.45, 7) is -0.805. The molecule has 5 atom stereocenters. The number of fused-ring (bicyclic) bond motifs is 2. The first kappa shape index (κ1) is 27.7. The van der Waals surface area contributed by atoms with Crippen LogP contribution in [0.3, 0.4) is 0 Å². The summed E-state index contributed by atoms with van der Waals surface area (Å²) in [6.07, 6.45) is -6.20. The number of aliphatic hydroxyl groups is 3. The highest BCUT2D eigenvalue weighted by atomic mass is 16.6. The lowest BCUT2D eigenvalue weighted by Gasteiger charge is -2.42. The van der Waals surface area contributed by atoms with Crippen molar-refractivity contribution in [3.63, 3.8) is 0 Å². The highest BCUT2D eigenvalue weighted by Crippen LogP contribution is 2.46. The van der Waals surface area contributed by atoms with Crippen LogP contribution in [0.15, 0.2) is 57.8 Å². The fourth-order valence-corrected chi connectivity index (χ4v) is 4.68. The van der Waals surface area contributed by atoms with E-state index < -0.39 is 82.5 Å². The summed E-state index contributed by atoms with van der Waals surface area (Å²) in [4.78, 5) is 26.0. The predicted octanol–water partition coefficient (Wildman–Crippen LogP) is 1.25. The summed E-state index contributed by atoms with van der Waals surface area (Å²) in [5.41, 5.74) is -1.34. The number of carbonyl (C=O) groups is 1. The van der Waals surface area contributed by atoms with Crippen LogP contribution in [0.25, 0.3) is 28.0 Å². The largest absolute Gasteiger partial charge is 0.508 e. The first-order chi connectivity index (χ1) is 19.5. The van der Waals surface area contributed by atoms with Crippen molar-refractivity contribution in [3.05, 3.63) is 69.9 Å². The minimum Gasteiger partial charge on any atom is -0.508 e. The number of hydrogen-bond donors (Lipinski definition) is 8. The predicted molar refractivity (Wildman–Crippen MR) is 140 cm³/mol. The molecule has 5 unspecified atom stereocenters. The monoisotopic (exact) mass is 568 g/mol. The molecule has 13 nitrogen and oxygen atoms in total. The van der Waals surface area contributed by atoms with Crippen molar-refractivity contribution >= 4 is 34.0 Å². The lowest BCUT2D eigenvalue weighted by atomic mass is 9.89. The zero-order valence-electron chi connectivity index (χ0n) is 20.9. The molecule has 0 amide bonds. The highest BCUT2D eigenvalue weighted by Gasteiger charge is 2.49. The second-order valence-corrected chi connectivity index (χ2v) is 9.38. The number of ether oxygens (including phenoxy) is 2. The molecule has 4 aromatic rings. The summed E-state index contributed by atoms with van der Waals surface area (Å²) >= 11 is 0. The highest BCUT2D eigenvalue weighted by molar-refractivity contribution is 5.96. The topological polar surface area (TPSA) is 228 Å². The van der Waals surface area contributed by atoms with Gasteiger partial charge in [0.1, 0.15) is 58.2 Å². The molecule has 1 aliphatic rings. The molecule has 0 bridgehead atoms. The summed E-state index contributed by atoms with van der Waals surface area (Å²) in [5, 5.41) is 81.3. The molecule has 1 aromatic heterocycles. The van der Waals surface area contributed by atoms with Crippen molar-refractivity contribution in [2.24, 2.45) is 0 Å². The van der Waals surface area contributed by atoms with Crippen molar-refractivity contribution in [2.75, 3.05) is 6.61 Å². The van der Waals surface area contributed by atoms with Gasteiger partial charge in [-0.05, 0) is 29.8 Å². The van der Waals surface area contributed by atoms with Gasteiger partial charge in [-0.1, -0.05) is 12.1 Å². The molecule has 0 spiro atoms. The number of hydrogen-bond acceptors (Lipinski definition) is 13. The van der Waals surface area contributed by atoms with Gasteiger partial charge in [0.05, 0.1) is 17.6 Å². The fraction of sp³-hybridized carbons (Fsp3) is 0.214. The van der Waals surface area contributed by atoms with E-state index >= 15 is 0 Å². The van der Waals surface area contributed by atoms with E-state index in [1.165, 1.54) is 30.3 Å². The first-order valence-corrected chi connectivity index (χ1v) is 12.2. The maximum absolute atomic E-state index is 13.3. The average molecular weight is 568 g/mol. The van der Waals surface area contributed by atoms with Gasteiger partial charge in [0.15, 0.2) is 17.6 Å². The van der Waals surface area contributed by atoms with Gasteiger partial charge in [-0.25, -0.2) is 4.79 Å². The zero-order chi connectivity index (χ0) is 29.6. The Labute approximate surface area is 229 Å². The van der Waals surface area contributed by atoms with Gasteiger partial charge in [0.25, 0.3) is 0 Å². The number of benzene rings is 3. The quantitative estimate of drug-likeness (QED) is 0.0735. The molecule has 0 saturated carbocycles. The number of rotatable bonds is 5. The Morgan fingerprint density at radius 1 is 0.902 bits per heavy atom. The minimum atomic E-state index is -1.88. The Balaban J connectivity index is 1.59. The van der Waals surface area contributed by atoms with Crippen LogP contribution in [0.2, 0.25) is 0 Å². The summed E-state index contributed by atoms with van der Waals surface area (Å²) in [6, 6.07) is 8.65. The van der Waals surface area contributed by atoms with Gasteiger partial charge in [-0.2, -0.15) is 0 Å². The van der Waals surface area contributed by atoms with E-state index in [0.717, 1.165) is 24.3 Å². The molecular weight excluding hydrogens is 544 g/mol. The fourth-order valence-electron chi connectivity index (χ4n) is 4.68. The van der Waals surface area contributed by atoms with Crippen LogP contribution in [-0.4, -0.2) is 77.8 Å². The van der Waals surface area contributed by atoms with Crippen molar-refractivity contribution < 1.29 is 59.5 Å². The van der Waals surface area contributed by atoms with E-state index in [4.69, 9.17) is 13.9 Å². The smallest absolute Gasteiger partial charge is 0.331 e. The molecular formula is C28H24O13. The standard InChI is InChI=1S/C28H24O13/c29-10-19-24(36)26(38)28(41-20(34)6-3-11-1-4-12(30)5-2-11)27(40-19)21-16(33)9-18-22(25(21)37)23(35)13-7-14(31)15(32)8-17(13)39-18/h1-9,19,24,26-33,36-38H,10H2. The van der Waals surface area contributed by atoms with Crippen LogP contribution in [-0.2, 0) is 14.3 Å². The Kier molecular flexibility index (Phi) is 7.19.